The molecule has 2 amide bonds. The highest BCUT2D eigenvalue weighted by Gasteiger charge is 2.41. The summed E-state index contributed by atoms with van der Waals surface area (Å²) in [5, 5.41) is 10.3. The third-order valence-electron chi connectivity index (χ3n) is 5.47. The van der Waals surface area contributed by atoms with Gasteiger partial charge in [0.05, 0.1) is 19.1 Å². The molecule has 8 heteroatoms. The Hall–Kier alpha value is -3.55. The van der Waals surface area contributed by atoms with Crippen LogP contribution < -0.4 is 4.74 Å². The van der Waals surface area contributed by atoms with Crippen molar-refractivity contribution in [1.82, 2.24) is 4.90 Å². The summed E-state index contributed by atoms with van der Waals surface area (Å²) in [6.45, 7) is 5.39. The second-order valence-corrected chi connectivity index (χ2v) is 9.24. The van der Waals surface area contributed by atoms with Crippen LogP contribution in [0.2, 0.25) is 0 Å². The zero-order valence-corrected chi connectivity index (χ0v) is 19.9. The van der Waals surface area contributed by atoms with Crippen LogP contribution in [-0.4, -0.2) is 53.3 Å². The molecule has 0 spiro atoms. The van der Waals surface area contributed by atoms with Crippen molar-refractivity contribution in [3.8, 4) is 11.5 Å². The highest BCUT2D eigenvalue weighted by molar-refractivity contribution is 5.97. The molecular weight excluding hydrogens is 438 g/mol. The lowest BCUT2D eigenvalue weighted by Crippen LogP contribution is -2.43. The van der Waals surface area contributed by atoms with E-state index >= 15 is 0 Å². The monoisotopic (exact) mass is 469 g/mol. The number of hydrogen-bond donors (Lipinski definition) is 1. The average molecular weight is 470 g/mol. The minimum Gasteiger partial charge on any atom is -0.504 e. The van der Waals surface area contributed by atoms with Crippen molar-refractivity contribution in [2.45, 2.75) is 57.6 Å². The molecule has 2 atom stereocenters. The van der Waals surface area contributed by atoms with Gasteiger partial charge in [0.15, 0.2) is 11.5 Å². The summed E-state index contributed by atoms with van der Waals surface area (Å²) in [4.78, 5) is 39.7. The van der Waals surface area contributed by atoms with E-state index in [1.54, 1.807) is 32.9 Å². The van der Waals surface area contributed by atoms with E-state index in [0.717, 1.165) is 10.5 Å². The van der Waals surface area contributed by atoms with Crippen LogP contribution in [-0.2, 0) is 25.5 Å². The fourth-order valence-electron chi connectivity index (χ4n) is 3.95. The maximum atomic E-state index is 13.7. The van der Waals surface area contributed by atoms with Gasteiger partial charge in [-0.2, -0.15) is 0 Å². The number of cyclic esters (lactones) is 1. The van der Waals surface area contributed by atoms with Gasteiger partial charge in [0.25, 0.3) is 0 Å². The van der Waals surface area contributed by atoms with Gasteiger partial charge in [-0.3, -0.25) is 9.59 Å². The molecule has 3 rings (SSSR count). The minimum atomic E-state index is -0.867. The summed E-state index contributed by atoms with van der Waals surface area (Å²) < 4.78 is 15.7. The van der Waals surface area contributed by atoms with Gasteiger partial charge in [-0.15, -0.1) is 0 Å². The Balaban J connectivity index is 1.87. The third kappa shape index (κ3) is 6.27. The Labute approximate surface area is 199 Å². The quantitative estimate of drug-likeness (QED) is 0.578. The standard InChI is InChI=1S/C26H31NO7/c1-26(2,3)34-23(29)13-11-20(18-10-12-22(32-4)21(28)15-18)24(30)27-19(16-33-25(27)31)14-17-8-6-5-7-9-17/h5-10,12,15,19-20,28H,11,13-14,16H2,1-4H3/t19-,20-/m0/s1. The molecule has 0 bridgehead atoms. The number of hydrogen-bond acceptors (Lipinski definition) is 7. The Morgan fingerprint density at radius 3 is 2.50 bits per heavy atom. The number of amides is 2. The lowest BCUT2D eigenvalue weighted by atomic mass is 9.91. The first-order valence-corrected chi connectivity index (χ1v) is 11.2. The number of aromatic hydroxyl groups is 1. The van der Waals surface area contributed by atoms with Crippen LogP contribution in [0.25, 0.3) is 0 Å². The zero-order chi connectivity index (χ0) is 24.9. The molecule has 1 aliphatic rings. The topological polar surface area (TPSA) is 102 Å². The van der Waals surface area contributed by atoms with E-state index in [4.69, 9.17) is 14.2 Å². The number of rotatable bonds is 8. The maximum Gasteiger partial charge on any atom is 0.417 e. The molecule has 2 aromatic carbocycles. The van der Waals surface area contributed by atoms with E-state index in [9.17, 15) is 19.5 Å². The largest absolute Gasteiger partial charge is 0.504 e. The number of benzene rings is 2. The van der Waals surface area contributed by atoms with Gasteiger partial charge in [0.1, 0.15) is 12.2 Å². The van der Waals surface area contributed by atoms with Crippen LogP contribution >= 0.6 is 0 Å². The average Bonchev–Trinajstić information content (AvgIpc) is 3.13. The summed E-state index contributed by atoms with van der Waals surface area (Å²) in [6.07, 6.45) is -0.204. The molecule has 1 saturated heterocycles. The molecule has 1 fully saturated rings. The van der Waals surface area contributed by atoms with Crippen molar-refractivity contribution in [2.24, 2.45) is 0 Å². The van der Waals surface area contributed by atoms with Gasteiger partial charge < -0.3 is 19.3 Å². The number of carbonyl (C=O) groups is 3. The fourth-order valence-corrected chi connectivity index (χ4v) is 3.95. The maximum absolute atomic E-state index is 13.7. The highest BCUT2D eigenvalue weighted by Crippen LogP contribution is 2.34. The molecule has 1 N–H and O–H groups in total. The Kier molecular flexibility index (Phi) is 7.81. The van der Waals surface area contributed by atoms with Gasteiger partial charge in [-0.1, -0.05) is 36.4 Å². The first-order chi connectivity index (χ1) is 16.1. The van der Waals surface area contributed by atoms with E-state index in [1.807, 2.05) is 30.3 Å². The Bertz CT molecular complexity index is 1030. The summed E-state index contributed by atoms with van der Waals surface area (Å²) in [7, 11) is 1.42. The highest BCUT2D eigenvalue weighted by atomic mass is 16.6. The third-order valence-corrected chi connectivity index (χ3v) is 5.47. The van der Waals surface area contributed by atoms with Crippen LogP contribution in [0.5, 0.6) is 11.5 Å². The number of carbonyl (C=O) groups excluding carboxylic acids is 3. The number of methoxy groups -OCH3 is 1. The smallest absolute Gasteiger partial charge is 0.417 e. The van der Waals surface area contributed by atoms with Crippen LogP contribution in [0, 0.1) is 0 Å². The molecule has 8 nitrogen and oxygen atoms in total. The molecule has 34 heavy (non-hydrogen) atoms. The predicted octanol–water partition coefficient (Wildman–Crippen LogP) is 4.20. The fraction of sp³-hybridized carbons (Fsp3) is 0.423. The van der Waals surface area contributed by atoms with Crippen LogP contribution in [0.15, 0.2) is 48.5 Å². The summed E-state index contributed by atoms with van der Waals surface area (Å²) in [6, 6.07) is 13.7. The van der Waals surface area contributed by atoms with Gasteiger partial charge in [0, 0.05) is 6.42 Å². The summed E-state index contributed by atoms with van der Waals surface area (Å²) >= 11 is 0. The lowest BCUT2D eigenvalue weighted by Gasteiger charge is -2.26. The van der Waals surface area contributed by atoms with Gasteiger partial charge in [0.2, 0.25) is 5.91 Å². The van der Waals surface area contributed by atoms with E-state index < -0.39 is 35.5 Å². The van der Waals surface area contributed by atoms with Gasteiger partial charge in [-0.25, -0.2) is 9.69 Å². The van der Waals surface area contributed by atoms with E-state index in [-0.39, 0.29) is 30.9 Å². The van der Waals surface area contributed by atoms with Crippen molar-refractivity contribution in [3.05, 3.63) is 59.7 Å². The van der Waals surface area contributed by atoms with E-state index in [2.05, 4.69) is 0 Å². The predicted molar refractivity (Wildman–Crippen MR) is 125 cm³/mol. The number of ether oxygens (including phenoxy) is 3. The molecule has 2 aromatic rings. The van der Waals surface area contributed by atoms with Gasteiger partial charge >= 0.3 is 12.1 Å². The van der Waals surface area contributed by atoms with Crippen molar-refractivity contribution in [1.29, 1.82) is 0 Å². The zero-order valence-electron chi connectivity index (χ0n) is 19.9. The lowest BCUT2D eigenvalue weighted by molar-refractivity contribution is -0.155. The number of esters is 1. The molecule has 0 aromatic heterocycles. The van der Waals surface area contributed by atoms with Crippen LogP contribution in [0.4, 0.5) is 4.79 Å². The van der Waals surface area contributed by atoms with Crippen LogP contribution in [0.1, 0.15) is 50.7 Å². The molecule has 1 heterocycles. The summed E-state index contributed by atoms with van der Waals surface area (Å²) in [5.41, 5.74) is 0.773. The molecule has 1 aliphatic heterocycles. The Morgan fingerprint density at radius 2 is 1.88 bits per heavy atom. The van der Waals surface area contributed by atoms with Crippen LogP contribution in [0.3, 0.4) is 0 Å². The molecule has 0 saturated carbocycles. The van der Waals surface area contributed by atoms with Crippen molar-refractivity contribution >= 4 is 18.0 Å². The number of imide groups is 1. The molecule has 0 aliphatic carbocycles. The molecule has 182 valence electrons. The SMILES string of the molecule is COc1ccc([C@H](CCC(=O)OC(C)(C)C)C(=O)N2C(=O)OC[C@@H]2Cc2ccccc2)cc1O. The number of nitrogens with zero attached hydrogens (tertiary/aromatic N) is 1. The number of phenols is 1. The van der Waals surface area contributed by atoms with E-state index in [1.165, 1.54) is 13.2 Å². The molecule has 0 unspecified atom stereocenters. The first kappa shape index (κ1) is 25.1. The van der Waals surface area contributed by atoms with Crippen molar-refractivity contribution in [2.75, 3.05) is 13.7 Å². The van der Waals surface area contributed by atoms with Crippen molar-refractivity contribution < 1.29 is 33.7 Å². The second kappa shape index (κ2) is 10.6. The Morgan fingerprint density at radius 1 is 1.18 bits per heavy atom. The molecular formula is C26H31NO7. The number of phenolic OH excluding ortho intramolecular Hbond substituents is 1. The normalized spacial score (nSPS) is 16.6. The minimum absolute atomic E-state index is 0.0350. The first-order valence-electron chi connectivity index (χ1n) is 11.2. The second-order valence-electron chi connectivity index (χ2n) is 9.24. The van der Waals surface area contributed by atoms with Gasteiger partial charge in [-0.05, 0) is 56.9 Å². The molecule has 0 radical (unpaired) electrons. The van der Waals surface area contributed by atoms with E-state index in [0.29, 0.717) is 12.0 Å². The van der Waals surface area contributed by atoms with Crippen molar-refractivity contribution in [3.63, 3.8) is 0 Å². The summed E-state index contributed by atoms with van der Waals surface area (Å²) in [5.74, 6) is -1.69.